The van der Waals surface area contributed by atoms with Crippen LogP contribution in [-0.4, -0.2) is 17.7 Å². The minimum Gasteiger partial charge on any atom is -0.455 e. The van der Waals surface area contributed by atoms with Gasteiger partial charge in [-0.05, 0) is 6.92 Å². The number of halogens is 1. The summed E-state index contributed by atoms with van der Waals surface area (Å²) < 4.78 is 18.0. The fourth-order valence-electron chi connectivity index (χ4n) is 1.37. The summed E-state index contributed by atoms with van der Waals surface area (Å²) in [5.74, 6) is -0.738. The monoisotopic (exact) mass is 160 g/mol. The van der Waals surface area contributed by atoms with E-state index in [0.29, 0.717) is 0 Å². The van der Waals surface area contributed by atoms with Crippen LogP contribution in [-0.2, 0) is 9.53 Å². The smallest absolute Gasteiger partial charge is 0.348 e. The third-order valence-corrected chi connectivity index (χ3v) is 1.90. The van der Waals surface area contributed by atoms with Gasteiger partial charge < -0.3 is 4.74 Å². The van der Waals surface area contributed by atoms with Crippen molar-refractivity contribution in [1.29, 1.82) is 0 Å². The summed E-state index contributed by atoms with van der Waals surface area (Å²) in [6.07, 6.45) is -0.595. The summed E-state index contributed by atoms with van der Waals surface area (Å²) in [4.78, 5) is 10.6. The first-order valence-electron chi connectivity index (χ1n) is 3.66. The van der Waals surface area contributed by atoms with Crippen molar-refractivity contribution in [2.75, 3.05) is 0 Å². The molecule has 0 N–H and O–H groups in total. The van der Waals surface area contributed by atoms with Crippen molar-refractivity contribution in [3.63, 3.8) is 0 Å². The predicted octanol–water partition coefficient (Wildman–Crippen LogP) is 1.69. The normalized spacial score (nSPS) is 37.9. The van der Waals surface area contributed by atoms with E-state index in [-0.39, 0.29) is 5.41 Å². The molecule has 0 aromatic rings. The van der Waals surface area contributed by atoms with Gasteiger partial charge >= 0.3 is 5.97 Å². The van der Waals surface area contributed by atoms with Crippen molar-refractivity contribution in [3.8, 4) is 0 Å². The zero-order chi connectivity index (χ0) is 8.86. The Labute approximate surface area is 65.7 Å². The van der Waals surface area contributed by atoms with Crippen molar-refractivity contribution in [2.45, 2.75) is 39.5 Å². The quantitative estimate of drug-likeness (QED) is 0.504. The summed E-state index contributed by atoms with van der Waals surface area (Å²) in [5.41, 5.74) is -2.09. The van der Waals surface area contributed by atoms with Gasteiger partial charge in [0.15, 0.2) is 6.10 Å². The Kier molecular flexibility index (Phi) is 1.51. The lowest BCUT2D eigenvalue weighted by molar-refractivity contribution is -0.224. The zero-order valence-corrected chi connectivity index (χ0v) is 7.27. The number of rotatable bonds is 0. The molecule has 1 saturated heterocycles. The lowest BCUT2D eigenvalue weighted by Gasteiger charge is -2.45. The summed E-state index contributed by atoms with van der Waals surface area (Å²) in [6, 6.07) is 0. The van der Waals surface area contributed by atoms with Crippen LogP contribution in [0.5, 0.6) is 0 Å². The largest absolute Gasteiger partial charge is 0.455 e. The third kappa shape index (κ3) is 1.12. The first-order valence-corrected chi connectivity index (χ1v) is 3.66. The second kappa shape index (κ2) is 1.96. The standard InChI is InChI=1S/C8H13FO2/c1-7(2,3)5-8(4,9)6(10)11-5/h5H,1-4H3/t5-,8-/m0/s1. The number of esters is 1. The number of carbonyl (C=O) groups excluding carboxylic acids is 1. The molecule has 0 radical (unpaired) electrons. The molecule has 0 aromatic heterocycles. The van der Waals surface area contributed by atoms with Crippen LogP contribution in [0.15, 0.2) is 0 Å². The molecule has 1 fully saturated rings. The molecule has 64 valence electrons. The van der Waals surface area contributed by atoms with Gasteiger partial charge in [-0.25, -0.2) is 9.18 Å². The van der Waals surface area contributed by atoms with E-state index in [2.05, 4.69) is 0 Å². The first-order chi connectivity index (χ1) is 4.76. The topological polar surface area (TPSA) is 26.3 Å². The van der Waals surface area contributed by atoms with E-state index in [1.54, 1.807) is 0 Å². The Morgan fingerprint density at radius 2 is 2.00 bits per heavy atom. The maximum Gasteiger partial charge on any atom is 0.348 e. The summed E-state index contributed by atoms with van der Waals surface area (Å²) in [5, 5.41) is 0. The molecule has 0 amide bonds. The van der Waals surface area contributed by atoms with Crippen molar-refractivity contribution in [2.24, 2.45) is 5.41 Å². The van der Waals surface area contributed by atoms with Gasteiger partial charge in [0.25, 0.3) is 0 Å². The number of hydrogen-bond acceptors (Lipinski definition) is 2. The van der Waals surface area contributed by atoms with E-state index in [0.717, 1.165) is 0 Å². The summed E-state index contributed by atoms with van der Waals surface area (Å²) >= 11 is 0. The summed E-state index contributed by atoms with van der Waals surface area (Å²) in [7, 11) is 0. The van der Waals surface area contributed by atoms with Gasteiger partial charge in [0, 0.05) is 5.41 Å². The van der Waals surface area contributed by atoms with E-state index in [9.17, 15) is 9.18 Å². The van der Waals surface area contributed by atoms with Crippen LogP contribution >= 0.6 is 0 Å². The molecular weight excluding hydrogens is 147 g/mol. The van der Waals surface area contributed by atoms with Crippen LogP contribution in [0.4, 0.5) is 4.39 Å². The van der Waals surface area contributed by atoms with Crippen LogP contribution in [0.1, 0.15) is 27.7 Å². The maximum atomic E-state index is 13.3. The lowest BCUT2D eigenvalue weighted by atomic mass is 9.77. The van der Waals surface area contributed by atoms with Gasteiger partial charge in [0.2, 0.25) is 5.67 Å². The molecule has 1 aliphatic rings. The molecule has 0 saturated carbocycles. The van der Waals surface area contributed by atoms with E-state index in [4.69, 9.17) is 4.74 Å². The van der Waals surface area contributed by atoms with Crippen LogP contribution in [0.25, 0.3) is 0 Å². The van der Waals surface area contributed by atoms with Crippen molar-refractivity contribution in [1.82, 2.24) is 0 Å². The van der Waals surface area contributed by atoms with Crippen LogP contribution < -0.4 is 0 Å². The zero-order valence-electron chi connectivity index (χ0n) is 7.27. The van der Waals surface area contributed by atoms with Gasteiger partial charge in [0.1, 0.15) is 0 Å². The molecule has 2 nitrogen and oxygen atoms in total. The molecule has 0 spiro atoms. The molecule has 1 aliphatic heterocycles. The fraction of sp³-hybridized carbons (Fsp3) is 0.875. The molecule has 1 heterocycles. The van der Waals surface area contributed by atoms with Crippen LogP contribution in [0, 0.1) is 5.41 Å². The Hall–Kier alpha value is -0.600. The minimum atomic E-state index is -1.78. The van der Waals surface area contributed by atoms with Crippen molar-refractivity contribution < 1.29 is 13.9 Å². The number of hydrogen-bond donors (Lipinski definition) is 0. The Bertz CT molecular complexity index is 191. The molecule has 3 heteroatoms. The highest BCUT2D eigenvalue weighted by Crippen LogP contribution is 2.41. The number of ether oxygens (including phenoxy) is 1. The highest BCUT2D eigenvalue weighted by Gasteiger charge is 2.60. The van der Waals surface area contributed by atoms with Gasteiger partial charge in [-0.3, -0.25) is 0 Å². The molecule has 11 heavy (non-hydrogen) atoms. The van der Waals surface area contributed by atoms with E-state index < -0.39 is 17.7 Å². The van der Waals surface area contributed by atoms with Crippen molar-refractivity contribution >= 4 is 5.97 Å². The van der Waals surface area contributed by atoms with E-state index >= 15 is 0 Å². The lowest BCUT2D eigenvalue weighted by Crippen LogP contribution is -2.62. The Balaban J connectivity index is 2.75. The number of cyclic esters (lactones) is 1. The van der Waals surface area contributed by atoms with E-state index in [1.165, 1.54) is 6.92 Å². The number of alkyl halides is 1. The van der Waals surface area contributed by atoms with Gasteiger partial charge in [-0.1, -0.05) is 20.8 Å². The van der Waals surface area contributed by atoms with Gasteiger partial charge in [0.05, 0.1) is 0 Å². The van der Waals surface area contributed by atoms with Crippen LogP contribution in [0.2, 0.25) is 0 Å². The van der Waals surface area contributed by atoms with Gasteiger partial charge in [-0.15, -0.1) is 0 Å². The molecule has 0 aliphatic carbocycles. The Morgan fingerprint density at radius 1 is 1.55 bits per heavy atom. The number of carbonyl (C=O) groups is 1. The Morgan fingerprint density at radius 3 is 2.09 bits per heavy atom. The SMILES string of the molecule is CC(C)(C)[C@@H]1OC(=O)[C@@]1(C)F. The molecule has 2 atom stereocenters. The summed E-state index contributed by atoms with van der Waals surface area (Å²) in [6.45, 7) is 6.82. The highest BCUT2D eigenvalue weighted by atomic mass is 19.1. The van der Waals surface area contributed by atoms with Crippen LogP contribution in [0.3, 0.4) is 0 Å². The van der Waals surface area contributed by atoms with Gasteiger partial charge in [-0.2, -0.15) is 0 Å². The predicted molar refractivity (Wildman–Crippen MR) is 38.8 cm³/mol. The average Bonchev–Trinajstić information content (AvgIpc) is 1.80. The molecular formula is C8H13FO2. The minimum absolute atomic E-state index is 0.308. The molecule has 0 unspecified atom stereocenters. The second-order valence-electron chi connectivity index (χ2n) is 4.23. The van der Waals surface area contributed by atoms with E-state index in [1.807, 2.05) is 20.8 Å². The first kappa shape index (κ1) is 8.50. The molecule has 1 rings (SSSR count). The highest BCUT2D eigenvalue weighted by molar-refractivity contribution is 5.85. The third-order valence-electron chi connectivity index (χ3n) is 1.90. The molecule has 0 bridgehead atoms. The second-order valence-corrected chi connectivity index (χ2v) is 4.23. The molecule has 0 aromatic carbocycles. The average molecular weight is 160 g/mol. The van der Waals surface area contributed by atoms with Crippen molar-refractivity contribution in [3.05, 3.63) is 0 Å². The maximum absolute atomic E-state index is 13.3. The fourth-order valence-corrected chi connectivity index (χ4v) is 1.37.